The van der Waals surface area contributed by atoms with Crippen LogP contribution in [0.25, 0.3) is 0 Å². The Morgan fingerprint density at radius 2 is 1.83 bits per heavy atom. The summed E-state index contributed by atoms with van der Waals surface area (Å²) < 4.78 is 10.4. The van der Waals surface area contributed by atoms with Crippen molar-refractivity contribution in [3.05, 3.63) is 71.6 Å². The van der Waals surface area contributed by atoms with Gasteiger partial charge in [0.05, 0.1) is 11.3 Å². The van der Waals surface area contributed by atoms with Crippen LogP contribution < -0.4 is 10.6 Å². The minimum atomic E-state index is -1.20. The normalized spacial score (nSPS) is 13.9. The maximum Gasteiger partial charge on any atom is 0.348 e. The molecule has 1 aliphatic rings. The highest BCUT2D eigenvalue weighted by atomic mass is 16.6. The first kappa shape index (κ1) is 19.6. The fourth-order valence-electron chi connectivity index (χ4n) is 2.56. The van der Waals surface area contributed by atoms with Gasteiger partial charge in [-0.05, 0) is 31.2 Å². The Labute approximate surface area is 166 Å². The van der Waals surface area contributed by atoms with Gasteiger partial charge < -0.3 is 20.1 Å². The fourth-order valence-corrected chi connectivity index (χ4v) is 2.56. The largest absolute Gasteiger partial charge is 0.470 e. The van der Waals surface area contributed by atoms with E-state index in [-0.39, 0.29) is 23.6 Å². The second-order valence-corrected chi connectivity index (χ2v) is 6.10. The number of Topliss-reactive ketones (excluding diaryl/α,β-unsaturated/α-hetero) is 1. The van der Waals surface area contributed by atoms with E-state index < -0.39 is 23.8 Å². The molecule has 8 heteroatoms. The molecule has 0 bridgehead atoms. The predicted octanol–water partition coefficient (Wildman–Crippen LogP) is 2.35. The van der Waals surface area contributed by atoms with Gasteiger partial charge in [0, 0.05) is 5.69 Å². The molecule has 29 heavy (non-hydrogen) atoms. The van der Waals surface area contributed by atoms with Crippen molar-refractivity contribution in [2.24, 2.45) is 0 Å². The molecule has 2 N–H and O–H groups in total. The van der Waals surface area contributed by atoms with Crippen LogP contribution in [0.5, 0.6) is 0 Å². The number of ether oxygens (including phenoxy) is 2. The lowest BCUT2D eigenvalue weighted by Crippen LogP contribution is -2.31. The van der Waals surface area contributed by atoms with Crippen LogP contribution in [-0.4, -0.2) is 30.4 Å². The van der Waals surface area contributed by atoms with Crippen molar-refractivity contribution in [3.8, 4) is 6.07 Å². The average Bonchev–Trinajstić information content (AvgIpc) is 3.09. The Hall–Kier alpha value is -4.12. The summed E-state index contributed by atoms with van der Waals surface area (Å²) in [6.07, 6.45) is -1.20. The second kappa shape index (κ2) is 8.71. The van der Waals surface area contributed by atoms with Gasteiger partial charge in [-0.25, -0.2) is 4.79 Å². The molecule has 0 aromatic heterocycles. The van der Waals surface area contributed by atoms with E-state index in [1.807, 2.05) is 12.1 Å². The molecule has 0 spiro atoms. The lowest BCUT2D eigenvalue weighted by atomic mass is 10.2. The van der Waals surface area contributed by atoms with Gasteiger partial charge in [-0.15, -0.1) is 0 Å². The first-order chi connectivity index (χ1) is 14.0. The number of hydrogen-bond donors (Lipinski definition) is 2. The molecule has 1 amide bonds. The van der Waals surface area contributed by atoms with E-state index in [1.54, 1.807) is 48.5 Å². The maximum absolute atomic E-state index is 12.5. The van der Waals surface area contributed by atoms with Crippen molar-refractivity contribution in [1.82, 2.24) is 0 Å². The summed E-state index contributed by atoms with van der Waals surface area (Å²) in [6, 6.07) is 17.3. The third-order valence-corrected chi connectivity index (χ3v) is 4.05. The lowest BCUT2D eigenvalue weighted by Gasteiger charge is -2.14. The van der Waals surface area contributed by atoms with Crippen LogP contribution in [0.3, 0.4) is 0 Å². The number of benzene rings is 2. The number of carbonyl (C=O) groups is 3. The third kappa shape index (κ3) is 4.59. The van der Waals surface area contributed by atoms with Gasteiger partial charge in [0.1, 0.15) is 6.07 Å². The number of nitrogens with zero attached hydrogens (tertiary/aromatic N) is 1. The van der Waals surface area contributed by atoms with E-state index in [4.69, 9.17) is 14.7 Å². The van der Waals surface area contributed by atoms with Gasteiger partial charge >= 0.3 is 5.97 Å². The Morgan fingerprint density at radius 1 is 1.14 bits per heavy atom. The van der Waals surface area contributed by atoms with Crippen LogP contribution in [0, 0.1) is 11.3 Å². The van der Waals surface area contributed by atoms with Gasteiger partial charge in [-0.2, -0.15) is 5.26 Å². The van der Waals surface area contributed by atoms with E-state index in [1.165, 1.54) is 6.92 Å². The molecule has 1 heterocycles. The summed E-state index contributed by atoms with van der Waals surface area (Å²) in [5.74, 6) is -2.17. The quantitative estimate of drug-likeness (QED) is 0.573. The van der Waals surface area contributed by atoms with E-state index in [0.717, 1.165) is 0 Å². The highest BCUT2D eigenvalue weighted by molar-refractivity contribution is 6.20. The van der Waals surface area contributed by atoms with Crippen LogP contribution >= 0.6 is 0 Å². The van der Waals surface area contributed by atoms with Crippen molar-refractivity contribution in [2.75, 3.05) is 17.2 Å². The molecule has 2 aromatic carbocycles. The molecule has 0 saturated carbocycles. The smallest absolute Gasteiger partial charge is 0.348 e. The SMILES string of the molecule is C[C@H](OC(=O)C1=C(Nc2ccccc2)OCC1=O)C(=O)Nc1ccccc1C#N. The summed E-state index contributed by atoms with van der Waals surface area (Å²) in [5.41, 5.74) is 0.914. The summed E-state index contributed by atoms with van der Waals surface area (Å²) in [4.78, 5) is 36.9. The zero-order valence-corrected chi connectivity index (χ0v) is 15.5. The minimum Gasteiger partial charge on any atom is -0.470 e. The number of nitrogens with one attached hydrogen (secondary N) is 2. The number of hydrogen-bond acceptors (Lipinski definition) is 7. The molecule has 1 aliphatic heterocycles. The molecule has 3 rings (SSSR count). The molecular weight excluding hydrogens is 374 g/mol. The average molecular weight is 391 g/mol. The van der Waals surface area contributed by atoms with E-state index in [0.29, 0.717) is 11.4 Å². The number of anilines is 2. The van der Waals surface area contributed by atoms with E-state index in [9.17, 15) is 14.4 Å². The minimum absolute atomic E-state index is 0.0198. The number of ketones is 1. The topological polar surface area (TPSA) is 118 Å². The number of esters is 1. The molecule has 0 saturated heterocycles. The molecular formula is C21H17N3O5. The standard InChI is InChI=1S/C21H17N3O5/c1-13(19(26)24-16-10-6-5-7-14(16)11-22)29-21(27)18-17(25)12-28-20(18)23-15-8-3-2-4-9-15/h2-10,13,23H,12H2,1H3,(H,24,26)/t13-/m0/s1. The van der Waals surface area contributed by atoms with Gasteiger partial charge in [0.2, 0.25) is 11.7 Å². The van der Waals surface area contributed by atoms with Gasteiger partial charge in [-0.3, -0.25) is 9.59 Å². The number of nitriles is 1. The first-order valence-corrected chi connectivity index (χ1v) is 8.73. The fraction of sp³-hybridized carbons (Fsp3) is 0.143. The van der Waals surface area contributed by atoms with Crippen LogP contribution in [0.2, 0.25) is 0 Å². The number of amides is 1. The third-order valence-electron chi connectivity index (χ3n) is 4.05. The number of para-hydroxylation sites is 2. The summed E-state index contributed by atoms with van der Waals surface area (Å²) >= 11 is 0. The Bertz CT molecular complexity index is 1020. The molecule has 146 valence electrons. The van der Waals surface area contributed by atoms with Gasteiger partial charge in [0.25, 0.3) is 5.91 Å². The van der Waals surface area contributed by atoms with Crippen LogP contribution in [0.1, 0.15) is 12.5 Å². The molecule has 1 atom stereocenters. The van der Waals surface area contributed by atoms with E-state index in [2.05, 4.69) is 10.6 Å². The molecule has 8 nitrogen and oxygen atoms in total. The maximum atomic E-state index is 12.5. The van der Waals surface area contributed by atoms with Crippen molar-refractivity contribution in [3.63, 3.8) is 0 Å². The highest BCUT2D eigenvalue weighted by Crippen LogP contribution is 2.21. The van der Waals surface area contributed by atoms with Crippen molar-refractivity contribution >= 4 is 29.0 Å². The molecule has 0 fully saturated rings. The Balaban J connectivity index is 1.70. The molecule has 2 aromatic rings. The van der Waals surface area contributed by atoms with Crippen LogP contribution in [0.4, 0.5) is 11.4 Å². The summed E-state index contributed by atoms with van der Waals surface area (Å²) in [7, 11) is 0. The Kier molecular flexibility index (Phi) is 5.90. The van der Waals surface area contributed by atoms with Gasteiger partial charge in [-0.1, -0.05) is 30.3 Å². The molecule has 0 radical (unpaired) electrons. The van der Waals surface area contributed by atoms with Gasteiger partial charge in [0.15, 0.2) is 18.3 Å². The molecule has 0 unspecified atom stereocenters. The Morgan fingerprint density at radius 3 is 2.55 bits per heavy atom. The highest BCUT2D eigenvalue weighted by Gasteiger charge is 2.34. The van der Waals surface area contributed by atoms with Crippen LogP contribution in [-0.2, 0) is 23.9 Å². The monoisotopic (exact) mass is 391 g/mol. The zero-order chi connectivity index (χ0) is 20.8. The van der Waals surface area contributed by atoms with E-state index >= 15 is 0 Å². The second-order valence-electron chi connectivity index (χ2n) is 6.10. The lowest BCUT2D eigenvalue weighted by molar-refractivity contribution is -0.150. The zero-order valence-electron chi connectivity index (χ0n) is 15.5. The first-order valence-electron chi connectivity index (χ1n) is 8.73. The number of carbonyl (C=O) groups excluding carboxylic acids is 3. The molecule has 0 aliphatic carbocycles. The number of rotatable bonds is 6. The van der Waals surface area contributed by atoms with Crippen LogP contribution in [0.15, 0.2) is 66.1 Å². The van der Waals surface area contributed by atoms with Crippen molar-refractivity contribution in [2.45, 2.75) is 13.0 Å². The predicted molar refractivity (Wildman–Crippen MR) is 103 cm³/mol. The summed E-state index contributed by atoms with van der Waals surface area (Å²) in [6.45, 7) is 1.07. The summed E-state index contributed by atoms with van der Waals surface area (Å²) in [5, 5.41) is 14.5. The van der Waals surface area contributed by atoms with Crippen molar-refractivity contribution < 1.29 is 23.9 Å². The van der Waals surface area contributed by atoms with Crippen molar-refractivity contribution in [1.29, 1.82) is 5.26 Å².